The standard InChI is InChI=1S/C79H134O16P2/c1-4-7-10-13-16-19-22-25-27-29-30-31-32-33-34-35-36-37-38-39-40-41-42-44-46-48-50-53-56-59-62-65-77(82)89-68-74(80)69-91-96(85,86)92-70-75(81)71-93-97(87,88)94-73-76(95-79(84)67-64-61-58-55-52-47-24-21-18-15-12-9-6-3)72-90-78(83)66-63-60-57-54-51-49-45-43-28-26-23-20-17-14-11-8-5-2/h8,11-12,15-17,19-21,24-28,30-31,33-34,45,49,54,57,74-76,80-81H,4-7,9-10,13-14,18,22-23,29,32,35-44,46-48,50-53,55-56,58-73H2,1-3H3,(H,85,86)(H,87,88)/b11-8-,15-12-,19-16-,20-17-,24-21-,27-25-,28-26-,31-30-,34-33-,49-45-,57-54-. The third-order valence-electron chi connectivity index (χ3n) is 15.3. The van der Waals surface area contributed by atoms with E-state index in [1.807, 2.05) is 12.2 Å². The van der Waals surface area contributed by atoms with Gasteiger partial charge in [0.25, 0.3) is 0 Å². The van der Waals surface area contributed by atoms with Gasteiger partial charge in [0.2, 0.25) is 0 Å². The van der Waals surface area contributed by atoms with Crippen molar-refractivity contribution < 1.29 is 75.8 Å². The van der Waals surface area contributed by atoms with Crippen molar-refractivity contribution in [3.05, 3.63) is 134 Å². The monoisotopic (exact) mass is 1400 g/mol. The third-order valence-corrected chi connectivity index (χ3v) is 17.2. The van der Waals surface area contributed by atoms with E-state index in [1.54, 1.807) is 0 Å². The van der Waals surface area contributed by atoms with E-state index in [1.165, 1.54) is 103 Å². The van der Waals surface area contributed by atoms with Crippen LogP contribution in [-0.2, 0) is 55.8 Å². The number of rotatable bonds is 70. The van der Waals surface area contributed by atoms with E-state index in [9.17, 15) is 43.5 Å². The van der Waals surface area contributed by atoms with E-state index in [0.29, 0.717) is 25.7 Å². The van der Waals surface area contributed by atoms with Crippen LogP contribution >= 0.6 is 15.6 Å². The summed E-state index contributed by atoms with van der Waals surface area (Å²) >= 11 is 0. The lowest BCUT2D eigenvalue weighted by molar-refractivity contribution is -0.161. The summed E-state index contributed by atoms with van der Waals surface area (Å²) in [5.41, 5.74) is 0. The predicted molar refractivity (Wildman–Crippen MR) is 399 cm³/mol. The molecule has 0 heterocycles. The second-order valence-corrected chi connectivity index (χ2v) is 27.6. The molecule has 0 spiro atoms. The minimum Gasteiger partial charge on any atom is -0.463 e. The van der Waals surface area contributed by atoms with Gasteiger partial charge in [-0.25, -0.2) is 9.13 Å². The number of allylic oxidation sites excluding steroid dienone is 22. The number of hydrogen-bond donors (Lipinski definition) is 4. The molecule has 0 aliphatic carbocycles. The topological polar surface area (TPSA) is 231 Å². The molecule has 16 nitrogen and oxygen atoms in total. The zero-order chi connectivity index (χ0) is 70.9. The minimum absolute atomic E-state index is 0.0729. The van der Waals surface area contributed by atoms with Crippen molar-refractivity contribution in [1.82, 2.24) is 0 Å². The molecule has 4 N–H and O–H groups in total. The van der Waals surface area contributed by atoms with Crippen LogP contribution < -0.4 is 0 Å². The van der Waals surface area contributed by atoms with Crippen LogP contribution in [0.1, 0.15) is 290 Å². The Morgan fingerprint density at radius 2 is 0.577 bits per heavy atom. The number of phosphoric ester groups is 2. The van der Waals surface area contributed by atoms with Crippen LogP contribution in [0.5, 0.6) is 0 Å². The number of hydrogen-bond acceptors (Lipinski definition) is 14. The fourth-order valence-corrected chi connectivity index (χ4v) is 11.2. The molecule has 0 fully saturated rings. The molecule has 0 aliphatic rings. The van der Waals surface area contributed by atoms with Gasteiger partial charge in [0.15, 0.2) is 6.10 Å². The average Bonchev–Trinajstić information content (AvgIpc) is 1.86. The molecule has 0 aromatic carbocycles. The van der Waals surface area contributed by atoms with Crippen molar-refractivity contribution >= 4 is 33.6 Å². The summed E-state index contributed by atoms with van der Waals surface area (Å²) < 4.78 is 60.9. The summed E-state index contributed by atoms with van der Waals surface area (Å²) in [4.78, 5) is 58.4. The van der Waals surface area contributed by atoms with E-state index in [2.05, 4.69) is 142 Å². The molecule has 5 unspecified atom stereocenters. The zero-order valence-corrected chi connectivity index (χ0v) is 62.2. The van der Waals surface area contributed by atoms with Crippen LogP contribution in [0.15, 0.2) is 134 Å². The molecule has 0 aliphatic heterocycles. The summed E-state index contributed by atoms with van der Waals surface area (Å²) in [5, 5.41) is 20.6. The van der Waals surface area contributed by atoms with Gasteiger partial charge in [-0.2, -0.15) is 0 Å². The lowest BCUT2D eigenvalue weighted by atomic mass is 10.0. The maximum absolute atomic E-state index is 12.9. The maximum atomic E-state index is 12.9. The minimum atomic E-state index is -4.94. The van der Waals surface area contributed by atoms with Crippen LogP contribution in [0.4, 0.5) is 0 Å². The summed E-state index contributed by atoms with van der Waals surface area (Å²) in [6, 6.07) is 0. The smallest absolute Gasteiger partial charge is 0.463 e. The number of carbonyl (C=O) groups excluding carboxylic acids is 3. The first-order valence-electron chi connectivity index (χ1n) is 37.5. The lowest BCUT2D eigenvalue weighted by Gasteiger charge is -2.21. The van der Waals surface area contributed by atoms with E-state index < -0.39 is 91.5 Å². The van der Waals surface area contributed by atoms with Gasteiger partial charge in [-0.05, 0) is 128 Å². The highest BCUT2D eigenvalue weighted by molar-refractivity contribution is 7.47. The van der Waals surface area contributed by atoms with Gasteiger partial charge < -0.3 is 34.2 Å². The number of carbonyl (C=O) groups is 3. The Kier molecular flexibility index (Phi) is 68.3. The molecule has 0 bridgehead atoms. The van der Waals surface area contributed by atoms with E-state index in [0.717, 1.165) is 122 Å². The van der Waals surface area contributed by atoms with Crippen LogP contribution in [0.3, 0.4) is 0 Å². The van der Waals surface area contributed by atoms with Gasteiger partial charge in [0.1, 0.15) is 25.4 Å². The van der Waals surface area contributed by atoms with Gasteiger partial charge in [-0.3, -0.25) is 32.5 Å². The number of phosphoric acid groups is 2. The second kappa shape index (κ2) is 71.5. The number of aliphatic hydroxyl groups excluding tert-OH is 2. The molecule has 0 aromatic rings. The normalized spacial score (nSPS) is 14.8. The van der Waals surface area contributed by atoms with Gasteiger partial charge >= 0.3 is 33.6 Å². The van der Waals surface area contributed by atoms with Crippen molar-refractivity contribution in [2.24, 2.45) is 0 Å². The molecular formula is C79H134O16P2. The van der Waals surface area contributed by atoms with E-state index >= 15 is 0 Å². The first kappa shape index (κ1) is 92.7. The van der Waals surface area contributed by atoms with Crippen LogP contribution in [0, 0.1) is 0 Å². The highest BCUT2D eigenvalue weighted by Crippen LogP contribution is 2.45. The molecular weight excluding hydrogens is 1270 g/mol. The number of ether oxygens (including phenoxy) is 3. The molecule has 0 amide bonds. The van der Waals surface area contributed by atoms with E-state index in [-0.39, 0.29) is 19.3 Å². The Morgan fingerprint density at radius 3 is 0.948 bits per heavy atom. The van der Waals surface area contributed by atoms with Crippen molar-refractivity contribution in [2.45, 2.75) is 309 Å². The average molecular weight is 1400 g/mol. The van der Waals surface area contributed by atoms with Crippen molar-refractivity contribution in [2.75, 3.05) is 39.6 Å². The van der Waals surface area contributed by atoms with Gasteiger partial charge in [-0.15, -0.1) is 0 Å². The Bertz CT molecular complexity index is 2300. The van der Waals surface area contributed by atoms with Crippen LogP contribution in [0.2, 0.25) is 0 Å². The summed E-state index contributed by atoms with van der Waals surface area (Å²) in [5.74, 6) is -1.66. The Hall–Kier alpha value is -4.31. The van der Waals surface area contributed by atoms with Crippen molar-refractivity contribution in [3.8, 4) is 0 Å². The Balaban J connectivity index is 4.46. The highest BCUT2D eigenvalue weighted by atomic mass is 31.2. The summed E-state index contributed by atoms with van der Waals surface area (Å²) in [6.07, 6.45) is 85.3. The van der Waals surface area contributed by atoms with Crippen molar-refractivity contribution in [3.63, 3.8) is 0 Å². The first-order chi connectivity index (χ1) is 47.2. The fraction of sp³-hybridized carbons (Fsp3) is 0.684. The largest absolute Gasteiger partial charge is 0.472 e. The third kappa shape index (κ3) is 72.8. The quantitative estimate of drug-likeness (QED) is 0.0146. The van der Waals surface area contributed by atoms with Gasteiger partial charge in [-0.1, -0.05) is 276 Å². The number of esters is 3. The van der Waals surface area contributed by atoms with Crippen LogP contribution in [0.25, 0.3) is 0 Å². The van der Waals surface area contributed by atoms with Gasteiger partial charge in [0, 0.05) is 19.3 Å². The van der Waals surface area contributed by atoms with Crippen LogP contribution in [-0.4, -0.2) is 95.9 Å². The molecule has 18 heteroatoms. The molecule has 0 rings (SSSR count). The lowest BCUT2D eigenvalue weighted by Crippen LogP contribution is -2.30. The fourth-order valence-electron chi connectivity index (χ4n) is 9.63. The predicted octanol–water partition coefficient (Wildman–Crippen LogP) is 21.5. The molecule has 0 aromatic heterocycles. The van der Waals surface area contributed by atoms with E-state index in [4.69, 9.17) is 32.3 Å². The molecule has 556 valence electrons. The van der Waals surface area contributed by atoms with Gasteiger partial charge in [0.05, 0.1) is 26.4 Å². The molecule has 97 heavy (non-hydrogen) atoms. The highest BCUT2D eigenvalue weighted by Gasteiger charge is 2.29. The SMILES string of the molecule is CC/C=C\C/C=C\C/C=C\C/C=C\C/C=C\CCCC(=O)OCC(COP(=O)(O)OCC(O)COP(=O)(O)OCC(O)COC(=O)CCCCCCCCCCCCCCCCC/C=C\C/C=C\C/C=C\C/C=C\CCCCC)OC(=O)CCCCCCC/C=C\C/C=C\CCC. The molecule has 0 saturated heterocycles. The Morgan fingerprint density at radius 1 is 0.299 bits per heavy atom. The molecule has 0 saturated carbocycles. The molecule has 5 atom stereocenters. The maximum Gasteiger partial charge on any atom is 0.472 e. The Labute approximate surface area is 588 Å². The van der Waals surface area contributed by atoms with Crippen molar-refractivity contribution in [1.29, 1.82) is 0 Å². The molecule has 0 radical (unpaired) electrons. The number of unbranched alkanes of at least 4 members (excludes halogenated alkanes) is 25. The zero-order valence-electron chi connectivity index (χ0n) is 60.5. The first-order valence-corrected chi connectivity index (χ1v) is 40.5. The second-order valence-electron chi connectivity index (χ2n) is 24.7. The summed E-state index contributed by atoms with van der Waals surface area (Å²) in [6.45, 7) is 2.37. The number of aliphatic hydroxyl groups is 2. The summed E-state index contributed by atoms with van der Waals surface area (Å²) in [7, 11) is -9.80.